The lowest BCUT2D eigenvalue weighted by Gasteiger charge is -2.12. The zero-order valence-electron chi connectivity index (χ0n) is 26.1. The molecule has 3 aromatic carbocycles. The summed E-state index contributed by atoms with van der Waals surface area (Å²) in [5.41, 5.74) is 7.25. The van der Waals surface area contributed by atoms with Gasteiger partial charge in [0.2, 0.25) is 5.91 Å². The molecule has 3 N–H and O–H groups in total. The van der Waals surface area contributed by atoms with Crippen LogP contribution in [0.4, 0.5) is 0 Å². The third-order valence-electron chi connectivity index (χ3n) is 6.84. The number of ether oxygens (including phenoxy) is 1. The number of carbonyl (C=O) groups excluding carboxylic acids is 1. The van der Waals surface area contributed by atoms with Crippen molar-refractivity contribution in [2.24, 2.45) is 21.1 Å². The van der Waals surface area contributed by atoms with Crippen molar-refractivity contribution in [2.75, 3.05) is 13.7 Å². The van der Waals surface area contributed by atoms with E-state index in [2.05, 4.69) is 36.3 Å². The third-order valence-corrected chi connectivity index (χ3v) is 7.10. The maximum Gasteiger partial charge on any atom is 0.217 e. The fraction of sp³-hybridized carbons (Fsp3) is 0.353. The van der Waals surface area contributed by atoms with E-state index < -0.39 is 0 Å². The number of benzene rings is 3. The average Bonchev–Trinajstić information content (AvgIpc) is 3.00. The first-order valence-electron chi connectivity index (χ1n) is 14.2. The molecule has 0 aliphatic heterocycles. The number of hydrogen-bond acceptors (Lipinski definition) is 7. The summed E-state index contributed by atoms with van der Waals surface area (Å²) in [7, 11) is 1.67. The van der Waals surface area contributed by atoms with Gasteiger partial charge in [0.1, 0.15) is 11.5 Å². The van der Waals surface area contributed by atoms with Gasteiger partial charge in [-0.2, -0.15) is 10.2 Å². The number of aromatic hydroxyl groups is 1. The molecule has 43 heavy (non-hydrogen) atoms. The summed E-state index contributed by atoms with van der Waals surface area (Å²) in [5.74, 6) is 1.19. The Kier molecular flexibility index (Phi) is 14.6. The maximum atomic E-state index is 10.6. The molecule has 0 fully saturated rings. The Morgan fingerprint density at radius 3 is 2.33 bits per heavy atom. The molecule has 0 aliphatic carbocycles. The van der Waals surface area contributed by atoms with E-state index in [0.717, 1.165) is 51.6 Å². The fourth-order valence-corrected chi connectivity index (χ4v) is 3.93. The largest absolute Gasteiger partial charge is 0.508 e. The predicted molar refractivity (Wildman–Crippen MR) is 177 cm³/mol. The van der Waals surface area contributed by atoms with Gasteiger partial charge in [0.05, 0.1) is 31.7 Å². The summed E-state index contributed by atoms with van der Waals surface area (Å²) >= 11 is 6.08. The molecule has 0 radical (unpaired) electrons. The van der Waals surface area contributed by atoms with E-state index >= 15 is 0 Å². The van der Waals surface area contributed by atoms with Crippen LogP contribution in [-0.2, 0) is 17.9 Å². The Bertz CT molecular complexity index is 1450. The molecule has 1 unspecified atom stereocenters. The Hall–Kier alpha value is -4.01. The quantitative estimate of drug-likeness (QED) is 0.163. The highest BCUT2D eigenvalue weighted by Crippen LogP contribution is 2.22. The van der Waals surface area contributed by atoms with Gasteiger partial charge in [-0.25, -0.2) is 0 Å². The lowest BCUT2D eigenvalue weighted by Crippen LogP contribution is -2.18. The number of nitrogens with one attached hydrogen (secondary N) is 1. The molecular weight excluding hydrogens is 564 g/mol. The highest BCUT2D eigenvalue weighted by molar-refractivity contribution is 6.30. The second-order valence-electron chi connectivity index (χ2n) is 10.3. The van der Waals surface area contributed by atoms with E-state index in [1.165, 1.54) is 13.0 Å². The second-order valence-corrected chi connectivity index (χ2v) is 10.7. The summed E-state index contributed by atoms with van der Waals surface area (Å²) in [6.45, 7) is 12.5. The zero-order chi connectivity index (χ0) is 31.9. The third kappa shape index (κ3) is 11.7. The molecule has 3 aromatic rings. The van der Waals surface area contributed by atoms with Crippen LogP contribution < -0.4 is 10.1 Å². The van der Waals surface area contributed by atoms with Gasteiger partial charge >= 0.3 is 0 Å². The molecule has 0 aliphatic rings. The molecule has 3 rings (SSSR count). The van der Waals surface area contributed by atoms with Crippen LogP contribution in [0.5, 0.6) is 11.5 Å². The number of rotatable bonds is 11. The fourth-order valence-electron chi connectivity index (χ4n) is 3.81. The van der Waals surface area contributed by atoms with E-state index in [1.807, 2.05) is 56.3 Å². The first-order chi connectivity index (χ1) is 20.5. The number of aliphatic imine (C=N–C) groups is 1. The van der Waals surface area contributed by atoms with E-state index in [9.17, 15) is 9.90 Å². The molecule has 0 bridgehead atoms. The Balaban J connectivity index is 0.000000385. The topological polar surface area (TPSA) is 116 Å². The van der Waals surface area contributed by atoms with Gasteiger partial charge in [0, 0.05) is 40.9 Å². The SMILES string of the molecule is CC(=O)NCc1ccc(O)c(CO)c1.CCC(C)/C(C)=N\N=C(/C)CN=C(c1ccc(Cl)cc1)c1cc(OC)ccc1C. The van der Waals surface area contributed by atoms with E-state index in [0.29, 0.717) is 29.6 Å². The van der Waals surface area contributed by atoms with Gasteiger partial charge < -0.3 is 20.3 Å². The normalized spacial score (nSPS) is 12.7. The van der Waals surface area contributed by atoms with Crippen molar-refractivity contribution in [1.82, 2.24) is 5.32 Å². The molecule has 0 heterocycles. The molecule has 0 spiro atoms. The van der Waals surface area contributed by atoms with Crippen molar-refractivity contribution in [2.45, 2.75) is 61.1 Å². The smallest absolute Gasteiger partial charge is 0.217 e. The highest BCUT2D eigenvalue weighted by Gasteiger charge is 2.12. The number of nitrogens with zero attached hydrogens (tertiary/aromatic N) is 3. The first-order valence-corrected chi connectivity index (χ1v) is 14.6. The van der Waals surface area contributed by atoms with Gasteiger partial charge in [0.25, 0.3) is 0 Å². The first kappa shape index (κ1) is 35.2. The molecule has 0 saturated carbocycles. The number of aliphatic hydroxyl groups is 1. The van der Waals surface area contributed by atoms with Gasteiger partial charge in [0.15, 0.2) is 0 Å². The van der Waals surface area contributed by atoms with Crippen molar-refractivity contribution in [3.8, 4) is 11.5 Å². The van der Waals surface area contributed by atoms with Gasteiger partial charge in [-0.05, 0) is 80.6 Å². The minimum Gasteiger partial charge on any atom is -0.508 e. The van der Waals surface area contributed by atoms with Crippen molar-refractivity contribution in [3.63, 3.8) is 0 Å². The molecule has 1 atom stereocenters. The van der Waals surface area contributed by atoms with Crippen LogP contribution in [0, 0.1) is 12.8 Å². The molecule has 0 aromatic heterocycles. The Labute approximate surface area is 260 Å². The summed E-state index contributed by atoms with van der Waals surface area (Å²) in [6.07, 6.45) is 1.05. The number of halogens is 1. The maximum absolute atomic E-state index is 10.6. The van der Waals surface area contributed by atoms with E-state index in [1.54, 1.807) is 19.2 Å². The van der Waals surface area contributed by atoms with Crippen molar-refractivity contribution in [3.05, 3.63) is 93.5 Å². The van der Waals surface area contributed by atoms with Crippen LogP contribution in [0.3, 0.4) is 0 Å². The summed E-state index contributed by atoms with van der Waals surface area (Å²) in [5, 5.41) is 30.2. The van der Waals surface area contributed by atoms with E-state index in [-0.39, 0.29) is 18.3 Å². The molecule has 1 amide bonds. The second kappa shape index (κ2) is 17.8. The zero-order valence-corrected chi connectivity index (χ0v) is 26.9. The number of phenols is 1. The molecule has 0 saturated heterocycles. The molecule has 9 heteroatoms. The summed E-state index contributed by atoms with van der Waals surface area (Å²) in [6, 6.07) is 18.6. The van der Waals surface area contributed by atoms with Crippen LogP contribution in [0.25, 0.3) is 0 Å². The Morgan fingerprint density at radius 1 is 1.02 bits per heavy atom. The molecule has 230 valence electrons. The van der Waals surface area contributed by atoms with Crippen LogP contribution in [0.15, 0.2) is 75.9 Å². The number of hydrogen-bond donors (Lipinski definition) is 3. The van der Waals surface area contributed by atoms with Crippen LogP contribution >= 0.6 is 11.6 Å². The monoisotopic (exact) mass is 606 g/mol. The lowest BCUT2D eigenvalue weighted by molar-refractivity contribution is -0.119. The van der Waals surface area contributed by atoms with Crippen LogP contribution in [0.1, 0.15) is 68.9 Å². The highest BCUT2D eigenvalue weighted by atomic mass is 35.5. The number of aryl methyl sites for hydroxylation is 1. The molecular formula is C34H43ClN4O4. The number of amides is 1. The summed E-state index contributed by atoms with van der Waals surface area (Å²) < 4.78 is 5.42. The van der Waals surface area contributed by atoms with Crippen LogP contribution in [0.2, 0.25) is 5.02 Å². The Morgan fingerprint density at radius 2 is 1.72 bits per heavy atom. The van der Waals surface area contributed by atoms with Gasteiger partial charge in [-0.15, -0.1) is 0 Å². The lowest BCUT2D eigenvalue weighted by atomic mass is 9.97. The van der Waals surface area contributed by atoms with Crippen molar-refractivity contribution in [1.29, 1.82) is 0 Å². The predicted octanol–water partition coefficient (Wildman–Crippen LogP) is 6.90. The minimum absolute atomic E-state index is 0.0686. The van der Waals surface area contributed by atoms with Gasteiger partial charge in [-0.3, -0.25) is 9.79 Å². The van der Waals surface area contributed by atoms with Crippen molar-refractivity contribution >= 4 is 34.6 Å². The van der Waals surface area contributed by atoms with E-state index in [4.69, 9.17) is 26.4 Å². The number of carbonyl (C=O) groups is 1. The average molecular weight is 607 g/mol. The molecule has 8 nitrogen and oxygen atoms in total. The van der Waals surface area contributed by atoms with Crippen LogP contribution in [-0.4, -0.2) is 46.9 Å². The number of aliphatic hydroxyl groups excluding tert-OH is 1. The van der Waals surface area contributed by atoms with Gasteiger partial charge in [-0.1, -0.05) is 49.7 Å². The number of methoxy groups -OCH3 is 1. The minimum atomic E-state index is -0.209. The standard InChI is InChI=1S/C24H30ClN3O.C10H13NO3/c1-7-16(2)19(5)28-27-18(4)15-26-24(20-9-11-21(25)12-10-20)23-14-22(29-6)13-8-17(23)3;1-7(13)11-5-8-2-3-10(14)9(4-8)6-12/h8-14,16H,7,15H2,1-6H3;2-4,12,14H,5-6H2,1H3,(H,11,13)/b26-24?,27-18+,28-19-;. The van der Waals surface area contributed by atoms with Crippen molar-refractivity contribution < 1.29 is 19.7 Å². The summed E-state index contributed by atoms with van der Waals surface area (Å²) in [4.78, 5) is 15.5.